The number of nitrogens with one attached hydrogen (secondary N) is 1. The van der Waals surface area contributed by atoms with Crippen LogP contribution in [0.2, 0.25) is 0 Å². The number of carbonyl (C=O) groups excluding carboxylic acids is 1. The van der Waals surface area contributed by atoms with Crippen molar-refractivity contribution >= 4 is 6.09 Å². The highest BCUT2D eigenvalue weighted by Gasteiger charge is 2.44. The number of alkyl carbamates (subject to hydrolysis) is 1. The van der Waals surface area contributed by atoms with Crippen molar-refractivity contribution in [3.63, 3.8) is 0 Å². The number of piperidine rings is 1. The first-order valence-electron chi connectivity index (χ1n) is 7.06. The van der Waals surface area contributed by atoms with E-state index in [-0.39, 0.29) is 28.8 Å². The third-order valence-corrected chi connectivity index (χ3v) is 4.02. The molecule has 1 aliphatic rings. The van der Waals surface area contributed by atoms with E-state index in [1.165, 1.54) is 0 Å². The zero-order valence-corrected chi connectivity index (χ0v) is 13.8. The lowest BCUT2D eigenvalue weighted by Crippen LogP contribution is -2.60. The van der Waals surface area contributed by atoms with Crippen molar-refractivity contribution in [2.24, 2.45) is 0 Å². The van der Waals surface area contributed by atoms with E-state index in [9.17, 15) is 4.79 Å². The molecule has 0 aromatic rings. The van der Waals surface area contributed by atoms with Gasteiger partial charge >= 0.3 is 6.09 Å². The van der Waals surface area contributed by atoms with E-state index in [0.29, 0.717) is 0 Å². The fourth-order valence-corrected chi connectivity index (χ4v) is 2.85. The first-order valence-corrected chi connectivity index (χ1v) is 7.06. The maximum atomic E-state index is 11.9. The van der Waals surface area contributed by atoms with Crippen molar-refractivity contribution in [2.75, 3.05) is 7.05 Å². The van der Waals surface area contributed by atoms with E-state index >= 15 is 0 Å². The Bertz CT molecular complexity index is 325. The zero-order chi connectivity index (χ0) is 15.1. The van der Waals surface area contributed by atoms with Crippen LogP contribution in [0.5, 0.6) is 0 Å². The fraction of sp³-hybridized carbons (Fsp3) is 0.933. The summed E-state index contributed by atoms with van der Waals surface area (Å²) in [6.07, 6.45) is 1.40. The van der Waals surface area contributed by atoms with E-state index in [1.807, 2.05) is 20.8 Å². The highest BCUT2D eigenvalue weighted by molar-refractivity contribution is 5.68. The summed E-state index contributed by atoms with van der Waals surface area (Å²) >= 11 is 0. The lowest BCUT2D eigenvalue weighted by atomic mass is 9.79. The van der Waals surface area contributed by atoms with Crippen LogP contribution < -0.4 is 5.32 Å². The molecule has 4 heteroatoms. The van der Waals surface area contributed by atoms with Gasteiger partial charge in [0.15, 0.2) is 0 Å². The minimum atomic E-state index is -0.311. The number of likely N-dealkylation sites (tertiary alicyclic amines) is 1. The molecule has 0 saturated carbocycles. The van der Waals surface area contributed by atoms with E-state index in [1.54, 1.807) is 0 Å². The van der Waals surface area contributed by atoms with E-state index in [0.717, 1.165) is 12.8 Å². The molecular weight excluding hydrogens is 240 g/mol. The molecule has 1 saturated heterocycles. The van der Waals surface area contributed by atoms with Gasteiger partial charge in [0, 0.05) is 29.5 Å². The normalized spacial score (nSPS) is 24.0. The average molecular weight is 270 g/mol. The molecule has 1 rings (SSSR count). The molecular formula is C15H30N2O2. The van der Waals surface area contributed by atoms with E-state index < -0.39 is 0 Å². The van der Waals surface area contributed by atoms with Crippen molar-refractivity contribution in [2.45, 2.75) is 84.0 Å². The Morgan fingerprint density at radius 3 is 1.95 bits per heavy atom. The van der Waals surface area contributed by atoms with Crippen LogP contribution in [-0.2, 0) is 4.74 Å². The van der Waals surface area contributed by atoms with Crippen LogP contribution >= 0.6 is 0 Å². The fourth-order valence-electron chi connectivity index (χ4n) is 2.85. The van der Waals surface area contributed by atoms with Gasteiger partial charge in [0.2, 0.25) is 0 Å². The number of hydrogen-bond acceptors (Lipinski definition) is 3. The Hall–Kier alpha value is -0.770. The van der Waals surface area contributed by atoms with Crippen molar-refractivity contribution < 1.29 is 9.53 Å². The van der Waals surface area contributed by atoms with E-state index in [4.69, 9.17) is 4.74 Å². The second-order valence-corrected chi connectivity index (χ2v) is 7.99. The van der Waals surface area contributed by atoms with Gasteiger partial charge in [-0.2, -0.15) is 0 Å². The maximum absolute atomic E-state index is 11.9. The number of rotatable bonds is 1. The van der Waals surface area contributed by atoms with Gasteiger partial charge in [-0.05, 0) is 55.5 Å². The van der Waals surface area contributed by atoms with Crippen LogP contribution in [0.15, 0.2) is 0 Å². The third kappa shape index (κ3) is 4.37. The first kappa shape index (κ1) is 16.3. The minimum Gasteiger partial charge on any atom is -0.446 e. The molecule has 1 amide bonds. The summed E-state index contributed by atoms with van der Waals surface area (Å²) in [4.78, 5) is 14.3. The molecule has 0 atom stereocenters. The summed E-state index contributed by atoms with van der Waals surface area (Å²) in [6.45, 7) is 14.7. The molecule has 0 spiro atoms. The van der Waals surface area contributed by atoms with Gasteiger partial charge in [-0.1, -0.05) is 0 Å². The highest BCUT2D eigenvalue weighted by Crippen LogP contribution is 2.38. The average Bonchev–Trinajstić information content (AvgIpc) is 2.09. The SMILES string of the molecule is CN1C(C)(C)CC(OC(=O)NC(C)(C)C)CC1(C)C. The summed E-state index contributed by atoms with van der Waals surface area (Å²) < 4.78 is 5.61. The summed E-state index contributed by atoms with van der Waals surface area (Å²) in [5.41, 5.74) is -0.184. The second kappa shape index (κ2) is 4.97. The molecule has 0 aromatic carbocycles. The molecule has 112 valence electrons. The lowest BCUT2D eigenvalue weighted by Gasteiger charge is -2.53. The van der Waals surface area contributed by atoms with E-state index in [2.05, 4.69) is 45.0 Å². The smallest absolute Gasteiger partial charge is 0.407 e. The van der Waals surface area contributed by atoms with Gasteiger partial charge in [0.25, 0.3) is 0 Å². The Morgan fingerprint density at radius 2 is 1.58 bits per heavy atom. The van der Waals surface area contributed by atoms with Crippen LogP contribution in [0.1, 0.15) is 61.3 Å². The highest BCUT2D eigenvalue weighted by atomic mass is 16.6. The number of carbonyl (C=O) groups is 1. The largest absolute Gasteiger partial charge is 0.446 e. The van der Waals surface area contributed by atoms with Crippen molar-refractivity contribution in [1.82, 2.24) is 10.2 Å². The third-order valence-electron chi connectivity index (χ3n) is 4.02. The molecule has 0 radical (unpaired) electrons. The second-order valence-electron chi connectivity index (χ2n) is 7.99. The molecule has 1 heterocycles. The number of nitrogens with zero attached hydrogens (tertiary/aromatic N) is 1. The number of amides is 1. The van der Waals surface area contributed by atoms with Crippen LogP contribution in [0.4, 0.5) is 4.79 Å². The number of hydrogen-bond donors (Lipinski definition) is 1. The molecule has 4 nitrogen and oxygen atoms in total. The van der Waals surface area contributed by atoms with Crippen molar-refractivity contribution in [3.05, 3.63) is 0 Å². The van der Waals surface area contributed by atoms with Gasteiger partial charge in [-0.25, -0.2) is 4.79 Å². The van der Waals surface area contributed by atoms with Gasteiger partial charge in [-0.3, -0.25) is 4.90 Å². The Morgan fingerprint density at radius 1 is 1.16 bits per heavy atom. The van der Waals surface area contributed by atoms with Crippen LogP contribution in [-0.4, -0.2) is 40.8 Å². The lowest BCUT2D eigenvalue weighted by molar-refractivity contribution is -0.0687. The first-order chi connectivity index (χ1) is 8.33. The van der Waals surface area contributed by atoms with Crippen LogP contribution in [0, 0.1) is 0 Å². The van der Waals surface area contributed by atoms with Gasteiger partial charge < -0.3 is 10.1 Å². The van der Waals surface area contributed by atoms with Crippen LogP contribution in [0.3, 0.4) is 0 Å². The van der Waals surface area contributed by atoms with Gasteiger partial charge in [0.1, 0.15) is 6.10 Å². The minimum absolute atomic E-state index is 0.0245. The molecule has 0 aliphatic carbocycles. The molecule has 1 N–H and O–H groups in total. The molecule has 0 unspecified atom stereocenters. The van der Waals surface area contributed by atoms with Crippen molar-refractivity contribution in [1.29, 1.82) is 0 Å². The standard InChI is InChI=1S/C15H30N2O2/c1-13(2,3)16-12(18)19-11-9-14(4,5)17(8)15(6,7)10-11/h11H,9-10H2,1-8H3,(H,16,18). The zero-order valence-electron chi connectivity index (χ0n) is 13.8. The maximum Gasteiger partial charge on any atom is 0.407 e. The summed E-state index contributed by atoms with van der Waals surface area (Å²) in [7, 11) is 2.14. The van der Waals surface area contributed by atoms with Crippen molar-refractivity contribution in [3.8, 4) is 0 Å². The molecule has 1 fully saturated rings. The molecule has 0 aromatic heterocycles. The molecule has 1 aliphatic heterocycles. The Labute approximate surface area is 117 Å². The van der Waals surface area contributed by atoms with Gasteiger partial charge in [0.05, 0.1) is 0 Å². The summed E-state index contributed by atoms with van der Waals surface area (Å²) in [6, 6.07) is 0. The predicted molar refractivity (Wildman–Crippen MR) is 78.3 cm³/mol. The summed E-state index contributed by atoms with van der Waals surface area (Å²) in [5.74, 6) is 0. The molecule has 0 bridgehead atoms. The Balaban J connectivity index is 2.68. The quantitative estimate of drug-likeness (QED) is 0.795. The summed E-state index contributed by atoms with van der Waals surface area (Å²) in [5, 5.41) is 2.86. The Kier molecular flexibility index (Phi) is 4.26. The van der Waals surface area contributed by atoms with Gasteiger partial charge in [-0.15, -0.1) is 0 Å². The topological polar surface area (TPSA) is 41.6 Å². The monoisotopic (exact) mass is 270 g/mol. The molecule has 19 heavy (non-hydrogen) atoms. The van der Waals surface area contributed by atoms with Crippen LogP contribution in [0.25, 0.3) is 0 Å². The predicted octanol–water partition coefficient (Wildman–Crippen LogP) is 3.16. The number of ether oxygens (including phenoxy) is 1.